The molecule has 2 aromatic heterocycles. The van der Waals surface area contributed by atoms with Crippen molar-refractivity contribution in [2.45, 2.75) is 25.4 Å². The van der Waals surface area contributed by atoms with Gasteiger partial charge in [-0.3, -0.25) is 10.1 Å². The summed E-state index contributed by atoms with van der Waals surface area (Å²) in [7, 11) is 0. The van der Waals surface area contributed by atoms with Crippen molar-refractivity contribution in [3.8, 4) is 0 Å². The third-order valence-corrected chi connectivity index (χ3v) is 4.32. The number of aromatic nitrogens is 3. The Morgan fingerprint density at radius 3 is 2.88 bits per heavy atom. The van der Waals surface area contributed by atoms with Crippen LogP contribution in [0.15, 0.2) is 36.5 Å². The standard InChI is InChI=1S/C16H14ClN5O2/c17-12-7-11(22(23)24)8-18-16(12)19-9-15-20-13-3-1-2-4-14(13)21(15)10-5-6-10/h1-4,7-8,10H,5-6,9H2,(H,18,19). The molecule has 1 aliphatic carbocycles. The Bertz CT molecular complexity index is 935. The summed E-state index contributed by atoms with van der Waals surface area (Å²) in [4.78, 5) is 18.9. The molecular formula is C16H14ClN5O2. The zero-order valence-electron chi connectivity index (χ0n) is 12.6. The van der Waals surface area contributed by atoms with E-state index in [2.05, 4.69) is 25.9 Å². The summed E-state index contributed by atoms with van der Waals surface area (Å²) in [5.74, 6) is 1.33. The zero-order valence-corrected chi connectivity index (χ0v) is 13.4. The van der Waals surface area contributed by atoms with Crippen molar-refractivity contribution in [3.05, 3.63) is 57.5 Å². The fourth-order valence-electron chi connectivity index (χ4n) is 2.78. The molecule has 8 heteroatoms. The number of hydrogen-bond acceptors (Lipinski definition) is 5. The zero-order chi connectivity index (χ0) is 16.7. The molecule has 1 aromatic carbocycles. The van der Waals surface area contributed by atoms with E-state index in [1.807, 2.05) is 18.2 Å². The van der Waals surface area contributed by atoms with Gasteiger partial charge in [0.1, 0.15) is 17.8 Å². The molecule has 1 fully saturated rings. The highest BCUT2D eigenvalue weighted by Gasteiger charge is 2.28. The van der Waals surface area contributed by atoms with Crippen molar-refractivity contribution in [1.29, 1.82) is 0 Å². The molecule has 0 atom stereocenters. The minimum atomic E-state index is -0.519. The molecule has 0 bridgehead atoms. The molecule has 0 amide bonds. The molecule has 0 radical (unpaired) electrons. The first kappa shape index (κ1) is 14.9. The van der Waals surface area contributed by atoms with Crippen molar-refractivity contribution in [2.24, 2.45) is 0 Å². The number of hydrogen-bond donors (Lipinski definition) is 1. The van der Waals surface area contributed by atoms with Gasteiger partial charge in [0.2, 0.25) is 0 Å². The molecule has 0 unspecified atom stereocenters. The molecule has 4 rings (SSSR count). The maximum atomic E-state index is 10.7. The maximum absolute atomic E-state index is 10.7. The number of anilines is 1. The van der Waals surface area contributed by atoms with Gasteiger partial charge in [-0.2, -0.15) is 0 Å². The summed E-state index contributed by atoms with van der Waals surface area (Å²) in [5.41, 5.74) is 1.96. The lowest BCUT2D eigenvalue weighted by atomic mass is 10.3. The number of rotatable bonds is 5. The first-order valence-electron chi connectivity index (χ1n) is 7.63. The van der Waals surface area contributed by atoms with E-state index in [4.69, 9.17) is 11.6 Å². The Morgan fingerprint density at radius 2 is 2.17 bits per heavy atom. The lowest BCUT2D eigenvalue weighted by Crippen LogP contribution is -2.09. The molecule has 2 heterocycles. The van der Waals surface area contributed by atoms with Crippen molar-refractivity contribution >= 4 is 34.1 Å². The number of fused-ring (bicyclic) bond motifs is 1. The molecule has 1 saturated carbocycles. The highest BCUT2D eigenvalue weighted by molar-refractivity contribution is 6.33. The SMILES string of the molecule is O=[N+]([O-])c1cnc(NCc2nc3ccccc3n2C2CC2)c(Cl)c1. The second-order valence-corrected chi connectivity index (χ2v) is 6.16. The molecule has 0 spiro atoms. The number of nitro groups is 1. The lowest BCUT2D eigenvalue weighted by Gasteiger charge is -2.10. The number of nitrogens with zero attached hydrogens (tertiary/aromatic N) is 4. The van der Waals surface area contributed by atoms with Crippen LogP contribution in [0.5, 0.6) is 0 Å². The van der Waals surface area contributed by atoms with Crippen molar-refractivity contribution in [1.82, 2.24) is 14.5 Å². The Labute approximate surface area is 142 Å². The Kier molecular flexibility index (Phi) is 3.57. The molecule has 1 aliphatic rings. The Hall–Kier alpha value is -2.67. The van der Waals surface area contributed by atoms with Gasteiger partial charge in [0.05, 0.1) is 27.5 Å². The van der Waals surface area contributed by atoms with E-state index in [-0.39, 0.29) is 10.7 Å². The minimum Gasteiger partial charge on any atom is -0.362 e. The number of para-hydroxylation sites is 2. The van der Waals surface area contributed by atoms with Gasteiger partial charge in [-0.15, -0.1) is 0 Å². The van der Waals surface area contributed by atoms with Crippen molar-refractivity contribution in [3.63, 3.8) is 0 Å². The van der Waals surface area contributed by atoms with E-state index in [9.17, 15) is 10.1 Å². The van der Waals surface area contributed by atoms with Crippen LogP contribution in [0.25, 0.3) is 11.0 Å². The third kappa shape index (κ3) is 2.67. The van der Waals surface area contributed by atoms with Gasteiger partial charge < -0.3 is 9.88 Å². The van der Waals surface area contributed by atoms with Gasteiger partial charge in [0.25, 0.3) is 5.69 Å². The fourth-order valence-corrected chi connectivity index (χ4v) is 3.01. The predicted octanol–water partition coefficient (Wildman–Crippen LogP) is 3.94. The quantitative estimate of drug-likeness (QED) is 0.560. The highest BCUT2D eigenvalue weighted by Crippen LogP contribution is 2.38. The predicted molar refractivity (Wildman–Crippen MR) is 91.2 cm³/mol. The van der Waals surface area contributed by atoms with E-state index in [0.717, 1.165) is 29.7 Å². The topological polar surface area (TPSA) is 85.9 Å². The molecule has 1 N–H and O–H groups in total. The second kappa shape index (κ2) is 5.76. The largest absolute Gasteiger partial charge is 0.362 e. The van der Waals surface area contributed by atoms with Crippen molar-refractivity contribution in [2.75, 3.05) is 5.32 Å². The number of pyridine rings is 1. The van der Waals surface area contributed by atoms with E-state index in [1.165, 1.54) is 12.3 Å². The minimum absolute atomic E-state index is 0.129. The van der Waals surface area contributed by atoms with Crippen LogP contribution in [0.1, 0.15) is 24.7 Å². The molecule has 0 aliphatic heterocycles. The monoisotopic (exact) mass is 343 g/mol. The van der Waals surface area contributed by atoms with Crippen LogP contribution in [-0.4, -0.2) is 19.5 Å². The molecular weight excluding hydrogens is 330 g/mol. The van der Waals surface area contributed by atoms with E-state index in [1.54, 1.807) is 0 Å². The summed E-state index contributed by atoms with van der Waals surface area (Å²) < 4.78 is 2.25. The summed E-state index contributed by atoms with van der Waals surface area (Å²) in [6, 6.07) is 9.83. The van der Waals surface area contributed by atoms with Gasteiger partial charge in [-0.1, -0.05) is 23.7 Å². The van der Waals surface area contributed by atoms with Gasteiger partial charge in [0.15, 0.2) is 0 Å². The Morgan fingerprint density at radius 1 is 1.38 bits per heavy atom. The Balaban J connectivity index is 1.61. The number of nitrogens with one attached hydrogen (secondary N) is 1. The first-order chi connectivity index (χ1) is 11.6. The first-order valence-corrected chi connectivity index (χ1v) is 8.01. The second-order valence-electron chi connectivity index (χ2n) is 5.75. The summed E-state index contributed by atoms with van der Waals surface area (Å²) in [6.45, 7) is 0.454. The molecule has 0 saturated heterocycles. The third-order valence-electron chi connectivity index (χ3n) is 4.03. The van der Waals surface area contributed by atoms with Gasteiger partial charge in [-0.05, 0) is 25.0 Å². The molecule has 7 nitrogen and oxygen atoms in total. The number of benzene rings is 1. The average molecular weight is 344 g/mol. The van der Waals surface area contributed by atoms with Crippen LogP contribution < -0.4 is 5.32 Å². The van der Waals surface area contributed by atoms with Crippen LogP contribution >= 0.6 is 11.6 Å². The maximum Gasteiger partial charge on any atom is 0.289 e. The van der Waals surface area contributed by atoms with Crippen LogP contribution in [0, 0.1) is 10.1 Å². The van der Waals surface area contributed by atoms with Crippen LogP contribution in [0.2, 0.25) is 5.02 Å². The van der Waals surface area contributed by atoms with Gasteiger partial charge in [-0.25, -0.2) is 9.97 Å². The van der Waals surface area contributed by atoms with E-state index in [0.29, 0.717) is 18.4 Å². The summed E-state index contributed by atoms with van der Waals surface area (Å²) >= 11 is 6.08. The van der Waals surface area contributed by atoms with Crippen LogP contribution in [0.4, 0.5) is 11.5 Å². The van der Waals surface area contributed by atoms with E-state index < -0.39 is 4.92 Å². The normalized spacial score (nSPS) is 14.0. The highest BCUT2D eigenvalue weighted by atomic mass is 35.5. The smallest absolute Gasteiger partial charge is 0.289 e. The van der Waals surface area contributed by atoms with Crippen LogP contribution in [-0.2, 0) is 6.54 Å². The summed E-state index contributed by atoms with van der Waals surface area (Å²) in [5, 5.41) is 14.1. The van der Waals surface area contributed by atoms with Gasteiger partial charge >= 0.3 is 0 Å². The molecule has 122 valence electrons. The van der Waals surface area contributed by atoms with Crippen molar-refractivity contribution < 1.29 is 4.92 Å². The van der Waals surface area contributed by atoms with Crippen LogP contribution in [0.3, 0.4) is 0 Å². The average Bonchev–Trinajstić information content (AvgIpc) is 3.34. The fraction of sp³-hybridized carbons (Fsp3) is 0.250. The van der Waals surface area contributed by atoms with E-state index >= 15 is 0 Å². The summed E-state index contributed by atoms with van der Waals surface area (Å²) in [6.07, 6.45) is 3.51. The number of imidazole rings is 1. The molecule has 24 heavy (non-hydrogen) atoms. The lowest BCUT2D eigenvalue weighted by molar-refractivity contribution is -0.385. The molecule has 3 aromatic rings. The number of halogens is 1. The van der Waals surface area contributed by atoms with Gasteiger partial charge in [0, 0.05) is 12.1 Å².